The van der Waals surface area contributed by atoms with Gasteiger partial charge in [0, 0.05) is 0 Å². The maximum absolute atomic E-state index is 2.27. The average Bonchev–Trinajstić information content (AvgIpc) is 1.54. The highest BCUT2D eigenvalue weighted by Gasteiger charge is 2.19. The number of rotatable bonds is 2. The van der Waals surface area contributed by atoms with Crippen molar-refractivity contribution in [2.75, 3.05) is 0 Å². The van der Waals surface area contributed by atoms with Crippen LogP contribution in [0.25, 0.3) is 125 Å². The molecule has 0 bridgehead atoms. The predicted octanol–water partition coefficient (Wildman–Crippen LogP) is 30.1. The highest BCUT2D eigenvalue weighted by atomic mass is 14.2. The van der Waals surface area contributed by atoms with Gasteiger partial charge in [-0.15, -0.1) is 0 Å². The molecule has 0 unspecified atom stereocenters. The molecule has 22 rings (SSSR count). The van der Waals surface area contributed by atoms with Crippen LogP contribution in [0.4, 0.5) is 0 Å². The Hall–Kier alpha value is -13.5. The summed E-state index contributed by atoms with van der Waals surface area (Å²) in [4.78, 5) is 0. The Kier molecular flexibility index (Phi) is 22.9. The second-order valence-electron chi connectivity index (χ2n) is 27.8. The molecule has 19 aromatic rings. The fourth-order valence-corrected chi connectivity index (χ4v) is 14.9. The molecule has 522 valence electrons. The second kappa shape index (κ2) is 35.0. The van der Waals surface area contributed by atoms with Crippen LogP contribution >= 0.6 is 0 Å². The topological polar surface area (TPSA) is 0 Å². The summed E-state index contributed by atoms with van der Waals surface area (Å²) in [6.07, 6.45) is 12.3. The van der Waals surface area contributed by atoms with Gasteiger partial charge in [-0.25, -0.2) is 0 Å². The van der Waals surface area contributed by atoms with Gasteiger partial charge in [-0.3, -0.25) is 0 Å². The van der Waals surface area contributed by atoms with E-state index in [9.17, 15) is 0 Å². The number of fused-ring (bicyclic) bond motifs is 17. The molecule has 3 aliphatic carbocycles. The standard InChI is InChI=1S/C18H12.C18H14.2C14H10.C14H12.C13H10.C10H8.C8H10/c1-2-8-14-13(7-1)15-9-3-4-11-17(15)18-12-6-5-10-16(14)18;1-3-8-15(9-4-1)17-12-7-13-18(14-17)16-10-5-2-6-11-16;1-3-7-13-11(5-1)9-10-12-6-2-4-8-14(12)13;1-2-6-12-10-14-8-4-3-7-13(14)9-11(12)5-1;1-2-6-11-10-12-7-4-5-9-14(12)13(11)8-3-1;1-3-7-12-10(5-1)9-11-6-2-4-8-13(11)12;1-2-6-10-8-4-3-7-9(10)5-1;1-7-3-5-8(2)6-4-7/h1-12H;1-14H;2*1-10H;2-9H,1,10H2;1-8H,9H2;1-8H;3-6H,1-2H3. The van der Waals surface area contributed by atoms with Crippen LogP contribution in [0.1, 0.15) is 39.8 Å². The maximum Gasteiger partial charge on any atom is -0.00135 e. The van der Waals surface area contributed by atoms with E-state index >= 15 is 0 Å². The molecular formula is C109H86. The molecule has 0 nitrogen and oxygen atoms in total. The van der Waals surface area contributed by atoms with Crippen LogP contribution in [0, 0.1) is 13.8 Å². The van der Waals surface area contributed by atoms with Crippen molar-refractivity contribution in [1.29, 1.82) is 0 Å². The van der Waals surface area contributed by atoms with E-state index in [4.69, 9.17) is 0 Å². The molecule has 0 fully saturated rings. The molecule has 0 aliphatic heterocycles. The van der Waals surface area contributed by atoms with Gasteiger partial charge in [0.1, 0.15) is 0 Å². The largest absolute Gasteiger partial charge is 0.0804 e. The molecule has 109 heavy (non-hydrogen) atoms. The Morgan fingerprint density at radius 1 is 0.183 bits per heavy atom. The SMILES string of the molecule is C1=CC2=C(C=CC1)c1ccccc1C2.Cc1ccc(C)cc1.c1ccc(-c2cccc(-c3ccccc3)c2)cc1.c1ccc2c(c1)Cc1ccccc1-2.c1ccc2c(c1)c1ccccc1c1ccccc21.c1ccc2c(c1)ccc1ccccc12.c1ccc2cc3ccccc3cc2c1.c1ccc2ccccc2c1. The van der Waals surface area contributed by atoms with Gasteiger partial charge in [-0.1, -0.05) is 442 Å². The van der Waals surface area contributed by atoms with E-state index in [1.807, 2.05) is 12.1 Å². The smallest absolute Gasteiger partial charge is 0.00135 e. The van der Waals surface area contributed by atoms with Gasteiger partial charge in [-0.2, -0.15) is 0 Å². The summed E-state index contributed by atoms with van der Waals surface area (Å²) in [6, 6.07) is 150. The fraction of sp³-hybridized carbons (Fsp3) is 0.0459. The van der Waals surface area contributed by atoms with Gasteiger partial charge in [-0.05, 0) is 204 Å². The van der Waals surface area contributed by atoms with Gasteiger partial charge in [0.2, 0.25) is 0 Å². The molecule has 0 spiro atoms. The first-order chi connectivity index (χ1) is 53.9. The molecule has 0 saturated heterocycles. The van der Waals surface area contributed by atoms with Crippen LogP contribution in [0.2, 0.25) is 0 Å². The van der Waals surface area contributed by atoms with E-state index in [2.05, 4.69) is 451 Å². The molecule has 3 aliphatic rings. The Morgan fingerprint density at radius 3 is 0.853 bits per heavy atom. The third-order valence-electron chi connectivity index (χ3n) is 20.5. The first-order valence-corrected chi connectivity index (χ1v) is 37.9. The summed E-state index contributed by atoms with van der Waals surface area (Å²) in [6.45, 7) is 4.19. The molecule has 0 atom stereocenters. The van der Waals surface area contributed by atoms with Gasteiger partial charge < -0.3 is 0 Å². The number of aryl methyl sites for hydroxylation is 2. The lowest BCUT2D eigenvalue weighted by Gasteiger charge is -2.09. The van der Waals surface area contributed by atoms with Gasteiger partial charge in [0.25, 0.3) is 0 Å². The van der Waals surface area contributed by atoms with Gasteiger partial charge >= 0.3 is 0 Å². The highest BCUT2D eigenvalue weighted by Crippen LogP contribution is 2.38. The van der Waals surface area contributed by atoms with Crippen LogP contribution in [0.5, 0.6) is 0 Å². The highest BCUT2D eigenvalue weighted by molar-refractivity contribution is 6.25. The van der Waals surface area contributed by atoms with Gasteiger partial charge in [0.05, 0.1) is 0 Å². The van der Waals surface area contributed by atoms with Crippen molar-refractivity contribution in [1.82, 2.24) is 0 Å². The number of benzene rings is 19. The zero-order valence-corrected chi connectivity index (χ0v) is 61.8. The summed E-state index contributed by atoms with van der Waals surface area (Å²) >= 11 is 0. The maximum atomic E-state index is 2.27. The Labute approximate surface area is 641 Å². The normalized spacial score (nSPS) is 11.7. The monoisotopic (exact) mass is 1390 g/mol. The lowest BCUT2D eigenvalue weighted by atomic mass is 9.95. The Balaban J connectivity index is 0.000000100. The van der Waals surface area contributed by atoms with Crippen LogP contribution in [-0.2, 0) is 12.8 Å². The van der Waals surface area contributed by atoms with Crippen molar-refractivity contribution < 1.29 is 0 Å². The van der Waals surface area contributed by atoms with E-state index in [1.165, 1.54) is 164 Å². The second-order valence-corrected chi connectivity index (χ2v) is 27.8. The Bertz CT molecular complexity index is 5810. The zero-order chi connectivity index (χ0) is 73.8. The van der Waals surface area contributed by atoms with Crippen molar-refractivity contribution in [3.05, 3.63) is 488 Å². The zero-order valence-electron chi connectivity index (χ0n) is 61.8. The van der Waals surface area contributed by atoms with Crippen molar-refractivity contribution >= 4 is 91.8 Å². The number of allylic oxidation sites excluding steroid dienone is 6. The van der Waals surface area contributed by atoms with E-state index < -0.39 is 0 Å². The lowest BCUT2D eigenvalue weighted by Crippen LogP contribution is -1.81. The summed E-state index contributed by atoms with van der Waals surface area (Å²) in [5.74, 6) is 0. The minimum absolute atomic E-state index is 1.06. The van der Waals surface area contributed by atoms with Crippen molar-refractivity contribution in [3.63, 3.8) is 0 Å². The Morgan fingerprint density at radius 2 is 0.468 bits per heavy atom. The van der Waals surface area contributed by atoms with E-state index in [-0.39, 0.29) is 0 Å². The molecular weight excluding hydrogens is 1310 g/mol. The van der Waals surface area contributed by atoms with E-state index in [0.29, 0.717) is 0 Å². The average molecular weight is 1400 g/mol. The van der Waals surface area contributed by atoms with Crippen LogP contribution in [0.15, 0.2) is 455 Å². The molecule has 19 aromatic carbocycles. The van der Waals surface area contributed by atoms with Crippen molar-refractivity contribution in [2.45, 2.75) is 33.1 Å². The molecule has 0 heteroatoms. The number of hydrogen-bond donors (Lipinski definition) is 0. The first-order valence-electron chi connectivity index (χ1n) is 37.9. The van der Waals surface area contributed by atoms with Gasteiger partial charge in [0.15, 0.2) is 0 Å². The summed E-state index contributed by atoms with van der Waals surface area (Å²) in [5, 5.41) is 21.2. The molecule has 0 saturated carbocycles. The third kappa shape index (κ3) is 17.4. The minimum atomic E-state index is 1.06. The fourth-order valence-electron chi connectivity index (χ4n) is 14.9. The van der Waals surface area contributed by atoms with Crippen LogP contribution < -0.4 is 0 Å². The molecule has 0 radical (unpaired) electrons. The van der Waals surface area contributed by atoms with Crippen molar-refractivity contribution in [3.8, 4) is 33.4 Å². The third-order valence-corrected chi connectivity index (χ3v) is 20.5. The minimum Gasteiger partial charge on any atom is -0.0804 e. The molecule has 0 heterocycles. The molecule has 0 amide bonds. The lowest BCUT2D eigenvalue weighted by molar-refractivity contribution is 1.24. The summed E-state index contributed by atoms with van der Waals surface area (Å²) in [7, 11) is 0. The van der Waals surface area contributed by atoms with Crippen molar-refractivity contribution in [2.24, 2.45) is 0 Å². The first kappa shape index (κ1) is 71.1. The molecule has 0 N–H and O–H groups in total. The molecule has 0 aromatic heterocycles. The quantitative estimate of drug-likeness (QED) is 0.120. The predicted molar refractivity (Wildman–Crippen MR) is 474 cm³/mol. The van der Waals surface area contributed by atoms with E-state index in [1.54, 1.807) is 0 Å². The van der Waals surface area contributed by atoms with Crippen LogP contribution in [0.3, 0.4) is 0 Å². The number of hydrogen-bond acceptors (Lipinski definition) is 0. The van der Waals surface area contributed by atoms with E-state index in [0.717, 1.165) is 19.3 Å². The summed E-state index contributed by atoms with van der Waals surface area (Å²) < 4.78 is 0. The van der Waals surface area contributed by atoms with Crippen LogP contribution in [-0.4, -0.2) is 0 Å². The summed E-state index contributed by atoms with van der Waals surface area (Å²) in [5.41, 5.74) is 19.2.